The maximum Gasteiger partial charge on any atom is 0.0593 e. The van der Waals surface area contributed by atoms with Crippen LogP contribution >= 0.6 is 0 Å². The van der Waals surface area contributed by atoms with E-state index < -0.39 is 0 Å². The Hall–Kier alpha value is -0.120. The van der Waals surface area contributed by atoms with E-state index in [0.29, 0.717) is 6.04 Å². The zero-order valence-corrected chi connectivity index (χ0v) is 10.2. The van der Waals surface area contributed by atoms with E-state index in [2.05, 4.69) is 24.2 Å². The van der Waals surface area contributed by atoms with Gasteiger partial charge in [-0.05, 0) is 27.4 Å². The van der Waals surface area contributed by atoms with Crippen LogP contribution in [0.2, 0.25) is 0 Å². The van der Waals surface area contributed by atoms with Crippen molar-refractivity contribution in [1.29, 1.82) is 0 Å². The van der Waals surface area contributed by atoms with Gasteiger partial charge in [0, 0.05) is 25.7 Å². The lowest BCUT2D eigenvalue weighted by Gasteiger charge is -2.23. The summed E-state index contributed by atoms with van der Waals surface area (Å²) in [5.74, 6) is 0. The average molecular weight is 202 g/mol. The highest BCUT2D eigenvalue weighted by atomic mass is 16.5. The summed E-state index contributed by atoms with van der Waals surface area (Å²) in [7, 11) is 4.19. The zero-order valence-electron chi connectivity index (χ0n) is 10.2. The SMILES string of the molecule is CCCC(CN(C)CCOCC)NC. The third-order valence-corrected chi connectivity index (χ3v) is 2.40. The number of hydrogen-bond acceptors (Lipinski definition) is 3. The van der Waals surface area contributed by atoms with Crippen molar-refractivity contribution < 1.29 is 4.74 Å². The summed E-state index contributed by atoms with van der Waals surface area (Å²) in [6, 6.07) is 0.617. The van der Waals surface area contributed by atoms with Crippen molar-refractivity contribution in [2.24, 2.45) is 0 Å². The molecule has 0 bridgehead atoms. The van der Waals surface area contributed by atoms with Crippen LogP contribution in [0.15, 0.2) is 0 Å². The molecule has 14 heavy (non-hydrogen) atoms. The van der Waals surface area contributed by atoms with E-state index in [1.807, 2.05) is 14.0 Å². The van der Waals surface area contributed by atoms with Crippen LogP contribution in [0.3, 0.4) is 0 Å². The van der Waals surface area contributed by atoms with E-state index in [9.17, 15) is 0 Å². The Morgan fingerprint density at radius 1 is 1.36 bits per heavy atom. The van der Waals surface area contributed by atoms with Crippen molar-refractivity contribution >= 4 is 0 Å². The van der Waals surface area contributed by atoms with E-state index in [4.69, 9.17) is 4.74 Å². The molecule has 1 unspecified atom stereocenters. The Morgan fingerprint density at radius 2 is 2.07 bits per heavy atom. The maximum absolute atomic E-state index is 5.32. The van der Waals surface area contributed by atoms with Crippen molar-refractivity contribution in [2.45, 2.75) is 32.7 Å². The van der Waals surface area contributed by atoms with Gasteiger partial charge in [0.2, 0.25) is 0 Å². The van der Waals surface area contributed by atoms with Crippen molar-refractivity contribution in [1.82, 2.24) is 10.2 Å². The number of rotatable bonds is 9. The van der Waals surface area contributed by atoms with Gasteiger partial charge in [0.1, 0.15) is 0 Å². The second kappa shape index (κ2) is 9.44. The summed E-state index contributed by atoms with van der Waals surface area (Å²) < 4.78 is 5.32. The van der Waals surface area contributed by atoms with Crippen LogP contribution in [0.4, 0.5) is 0 Å². The smallest absolute Gasteiger partial charge is 0.0593 e. The molecule has 3 nitrogen and oxygen atoms in total. The summed E-state index contributed by atoms with van der Waals surface area (Å²) in [6.07, 6.45) is 2.49. The summed E-state index contributed by atoms with van der Waals surface area (Å²) in [5.41, 5.74) is 0. The molecule has 0 aromatic heterocycles. The molecule has 0 saturated heterocycles. The highest BCUT2D eigenvalue weighted by Crippen LogP contribution is 1.98. The van der Waals surface area contributed by atoms with Gasteiger partial charge in [-0.1, -0.05) is 13.3 Å². The van der Waals surface area contributed by atoms with Gasteiger partial charge >= 0.3 is 0 Å². The van der Waals surface area contributed by atoms with E-state index in [0.717, 1.165) is 26.3 Å². The van der Waals surface area contributed by atoms with E-state index in [1.54, 1.807) is 0 Å². The monoisotopic (exact) mass is 202 g/mol. The fraction of sp³-hybridized carbons (Fsp3) is 1.00. The molecule has 1 N–H and O–H groups in total. The molecule has 1 atom stereocenters. The first-order valence-corrected chi connectivity index (χ1v) is 5.68. The van der Waals surface area contributed by atoms with Gasteiger partial charge < -0.3 is 15.0 Å². The molecule has 86 valence electrons. The topological polar surface area (TPSA) is 24.5 Å². The van der Waals surface area contributed by atoms with Gasteiger partial charge in [0.05, 0.1) is 6.61 Å². The minimum absolute atomic E-state index is 0.617. The molecule has 0 aliphatic rings. The lowest BCUT2D eigenvalue weighted by atomic mass is 10.1. The first kappa shape index (κ1) is 13.9. The molecule has 0 amide bonds. The molecule has 0 aliphatic heterocycles. The number of ether oxygens (including phenoxy) is 1. The Balaban J connectivity index is 3.51. The summed E-state index contributed by atoms with van der Waals surface area (Å²) in [5, 5.41) is 3.34. The Labute approximate surface area is 88.8 Å². The van der Waals surface area contributed by atoms with Gasteiger partial charge in [0.15, 0.2) is 0 Å². The summed E-state index contributed by atoms with van der Waals surface area (Å²) in [6.45, 7) is 8.05. The van der Waals surface area contributed by atoms with E-state index in [1.165, 1.54) is 12.8 Å². The van der Waals surface area contributed by atoms with Crippen LogP contribution in [0, 0.1) is 0 Å². The van der Waals surface area contributed by atoms with Crippen molar-refractivity contribution in [3.05, 3.63) is 0 Å². The molecule has 3 heteroatoms. The van der Waals surface area contributed by atoms with E-state index in [-0.39, 0.29) is 0 Å². The number of nitrogens with zero attached hydrogens (tertiary/aromatic N) is 1. The van der Waals surface area contributed by atoms with Crippen LogP contribution in [-0.2, 0) is 4.74 Å². The van der Waals surface area contributed by atoms with Crippen LogP contribution in [0.5, 0.6) is 0 Å². The van der Waals surface area contributed by atoms with Crippen LogP contribution in [0.1, 0.15) is 26.7 Å². The average Bonchev–Trinajstić information content (AvgIpc) is 2.17. The Morgan fingerprint density at radius 3 is 2.57 bits per heavy atom. The fourth-order valence-electron chi connectivity index (χ4n) is 1.51. The summed E-state index contributed by atoms with van der Waals surface area (Å²) >= 11 is 0. The third-order valence-electron chi connectivity index (χ3n) is 2.40. The molecule has 0 saturated carbocycles. The fourth-order valence-corrected chi connectivity index (χ4v) is 1.51. The quantitative estimate of drug-likeness (QED) is 0.571. The third kappa shape index (κ3) is 7.30. The lowest BCUT2D eigenvalue weighted by Crippen LogP contribution is -2.38. The van der Waals surface area contributed by atoms with Crippen LogP contribution in [-0.4, -0.2) is 51.3 Å². The molecular weight excluding hydrogens is 176 g/mol. The zero-order chi connectivity index (χ0) is 10.8. The molecule has 0 aromatic rings. The second-order valence-corrected chi connectivity index (χ2v) is 3.73. The normalized spacial score (nSPS) is 13.5. The second-order valence-electron chi connectivity index (χ2n) is 3.73. The lowest BCUT2D eigenvalue weighted by molar-refractivity contribution is 0.118. The molecule has 0 radical (unpaired) electrons. The van der Waals surface area contributed by atoms with Gasteiger partial charge in [-0.15, -0.1) is 0 Å². The largest absolute Gasteiger partial charge is 0.380 e. The van der Waals surface area contributed by atoms with Crippen LogP contribution < -0.4 is 5.32 Å². The Bertz CT molecular complexity index is 120. The number of nitrogens with one attached hydrogen (secondary N) is 1. The van der Waals surface area contributed by atoms with Crippen molar-refractivity contribution in [3.63, 3.8) is 0 Å². The van der Waals surface area contributed by atoms with Gasteiger partial charge in [0.25, 0.3) is 0 Å². The molecule has 0 fully saturated rings. The van der Waals surface area contributed by atoms with Crippen molar-refractivity contribution in [2.75, 3.05) is 40.4 Å². The minimum Gasteiger partial charge on any atom is -0.380 e. The predicted molar refractivity (Wildman–Crippen MR) is 61.7 cm³/mol. The number of hydrogen-bond donors (Lipinski definition) is 1. The van der Waals surface area contributed by atoms with E-state index >= 15 is 0 Å². The molecular formula is C11H26N2O. The van der Waals surface area contributed by atoms with Gasteiger partial charge in [-0.3, -0.25) is 0 Å². The first-order valence-electron chi connectivity index (χ1n) is 5.68. The van der Waals surface area contributed by atoms with Gasteiger partial charge in [-0.25, -0.2) is 0 Å². The Kier molecular flexibility index (Phi) is 9.35. The molecule has 0 heterocycles. The standard InChI is InChI=1S/C11H26N2O/c1-5-7-11(12-3)10-13(4)8-9-14-6-2/h11-12H,5-10H2,1-4H3. The molecule has 0 spiro atoms. The minimum atomic E-state index is 0.617. The molecule has 0 aliphatic carbocycles. The molecule has 0 rings (SSSR count). The van der Waals surface area contributed by atoms with Crippen molar-refractivity contribution in [3.8, 4) is 0 Å². The number of likely N-dealkylation sites (N-methyl/N-ethyl adjacent to an activating group) is 2. The summed E-state index contributed by atoms with van der Waals surface area (Å²) in [4.78, 5) is 2.33. The molecule has 0 aromatic carbocycles. The predicted octanol–water partition coefficient (Wildman–Crippen LogP) is 1.34. The first-order chi connectivity index (χ1) is 6.74. The van der Waals surface area contributed by atoms with Gasteiger partial charge in [-0.2, -0.15) is 0 Å². The highest BCUT2D eigenvalue weighted by Gasteiger charge is 2.07. The highest BCUT2D eigenvalue weighted by molar-refractivity contribution is 4.67. The van der Waals surface area contributed by atoms with Crippen LogP contribution in [0.25, 0.3) is 0 Å². The maximum atomic E-state index is 5.32.